The topological polar surface area (TPSA) is 110 Å². The highest BCUT2D eigenvalue weighted by Crippen LogP contribution is 2.50. The normalized spacial score (nSPS) is 17.0. The minimum atomic E-state index is -0.503. The molecule has 3 aromatic carbocycles. The van der Waals surface area contributed by atoms with Crippen LogP contribution in [0.1, 0.15) is 39.4 Å². The predicted molar refractivity (Wildman–Crippen MR) is 132 cm³/mol. The van der Waals surface area contributed by atoms with Gasteiger partial charge in [-0.25, -0.2) is 0 Å². The van der Waals surface area contributed by atoms with Gasteiger partial charge >= 0.3 is 5.97 Å². The smallest absolute Gasteiger partial charge is 0.312 e. The summed E-state index contributed by atoms with van der Waals surface area (Å²) < 4.78 is 32.9. The molecule has 1 unspecified atom stereocenters. The molecule has 9 nitrogen and oxygen atoms in total. The average molecular weight is 504 g/mol. The van der Waals surface area contributed by atoms with Crippen LogP contribution in [0.2, 0.25) is 0 Å². The summed E-state index contributed by atoms with van der Waals surface area (Å²) in [5, 5.41) is 10.3. The Hall–Kier alpha value is -4.66. The summed E-state index contributed by atoms with van der Waals surface area (Å²) in [4.78, 5) is 25.7. The first kappa shape index (κ1) is 24.1. The van der Waals surface area contributed by atoms with Gasteiger partial charge in [-0.2, -0.15) is 0 Å². The van der Waals surface area contributed by atoms with Gasteiger partial charge < -0.3 is 33.5 Å². The van der Waals surface area contributed by atoms with Gasteiger partial charge in [0.15, 0.2) is 28.8 Å². The number of carbonyl (C=O) groups excluding carboxylic acids is 2. The third kappa shape index (κ3) is 4.08. The molecule has 0 aromatic heterocycles. The van der Waals surface area contributed by atoms with Crippen LogP contribution in [-0.2, 0) is 4.79 Å². The van der Waals surface area contributed by atoms with E-state index in [1.54, 1.807) is 42.5 Å². The molecule has 190 valence electrons. The molecule has 3 aromatic rings. The lowest BCUT2D eigenvalue weighted by molar-refractivity contribution is -0.135. The van der Waals surface area contributed by atoms with Gasteiger partial charge in [0.2, 0.25) is 11.5 Å². The number of rotatable bonds is 6. The monoisotopic (exact) mass is 504 g/mol. The Bertz CT molecular complexity index is 1430. The molecule has 0 fully saturated rings. The number of aromatic hydroxyl groups is 1. The second-order valence-electron chi connectivity index (χ2n) is 8.41. The molecular weight excluding hydrogens is 480 g/mol. The first-order valence-corrected chi connectivity index (χ1v) is 11.4. The van der Waals surface area contributed by atoms with Crippen molar-refractivity contribution in [3.63, 3.8) is 0 Å². The molecule has 0 radical (unpaired) electrons. The van der Waals surface area contributed by atoms with Crippen LogP contribution < -0.4 is 28.4 Å². The maximum atomic E-state index is 13.3. The van der Waals surface area contributed by atoms with E-state index in [4.69, 9.17) is 28.4 Å². The SMILES string of the molecule is COc1ccc(C2CC(=O)Oc3ccc4c(c32)OC(=Cc2cc(OC)c(OC)c(OC)c2)C4=O)cc1O. The number of phenolic OH excluding ortho intramolecular Hbond substituents is 1. The van der Waals surface area contributed by atoms with Crippen molar-refractivity contribution in [1.29, 1.82) is 0 Å². The number of benzene rings is 3. The van der Waals surface area contributed by atoms with E-state index < -0.39 is 11.9 Å². The molecule has 0 aliphatic carbocycles. The van der Waals surface area contributed by atoms with Crippen LogP contribution in [0, 0.1) is 0 Å². The third-order valence-electron chi connectivity index (χ3n) is 6.37. The molecule has 1 N–H and O–H groups in total. The van der Waals surface area contributed by atoms with Crippen molar-refractivity contribution in [3.8, 4) is 40.2 Å². The van der Waals surface area contributed by atoms with E-state index in [1.807, 2.05) is 0 Å². The van der Waals surface area contributed by atoms with E-state index in [2.05, 4.69) is 0 Å². The highest BCUT2D eigenvalue weighted by molar-refractivity contribution is 6.15. The lowest BCUT2D eigenvalue weighted by Crippen LogP contribution is -2.21. The van der Waals surface area contributed by atoms with E-state index in [9.17, 15) is 14.7 Å². The van der Waals surface area contributed by atoms with Crippen LogP contribution in [0.3, 0.4) is 0 Å². The van der Waals surface area contributed by atoms with Crippen molar-refractivity contribution in [1.82, 2.24) is 0 Å². The lowest BCUT2D eigenvalue weighted by Gasteiger charge is -2.26. The van der Waals surface area contributed by atoms with E-state index in [0.717, 1.165) is 0 Å². The minimum absolute atomic E-state index is 0.0126. The summed E-state index contributed by atoms with van der Waals surface area (Å²) in [6.45, 7) is 0. The number of fused-ring (bicyclic) bond motifs is 3. The summed E-state index contributed by atoms with van der Waals surface area (Å²) in [5.74, 6) is 0.991. The van der Waals surface area contributed by atoms with Gasteiger partial charge in [-0.3, -0.25) is 9.59 Å². The lowest BCUT2D eigenvalue weighted by atomic mass is 9.84. The minimum Gasteiger partial charge on any atom is -0.504 e. The summed E-state index contributed by atoms with van der Waals surface area (Å²) >= 11 is 0. The van der Waals surface area contributed by atoms with Crippen molar-refractivity contribution in [2.45, 2.75) is 12.3 Å². The van der Waals surface area contributed by atoms with Crippen molar-refractivity contribution in [2.24, 2.45) is 0 Å². The molecule has 2 heterocycles. The van der Waals surface area contributed by atoms with E-state index >= 15 is 0 Å². The summed E-state index contributed by atoms with van der Waals surface area (Å²) in [6.07, 6.45) is 1.60. The number of allylic oxidation sites excluding steroid dienone is 1. The van der Waals surface area contributed by atoms with Gasteiger partial charge in [0.1, 0.15) is 11.5 Å². The average Bonchev–Trinajstić information content (AvgIpc) is 3.22. The number of ether oxygens (including phenoxy) is 6. The number of phenols is 1. The van der Waals surface area contributed by atoms with Gasteiger partial charge in [0.25, 0.3) is 0 Å². The summed E-state index contributed by atoms with van der Waals surface area (Å²) in [7, 11) is 5.97. The molecule has 0 saturated carbocycles. The van der Waals surface area contributed by atoms with Gasteiger partial charge in [-0.15, -0.1) is 0 Å². The molecule has 9 heteroatoms. The van der Waals surface area contributed by atoms with Crippen molar-refractivity contribution in [2.75, 3.05) is 28.4 Å². The fourth-order valence-corrected chi connectivity index (χ4v) is 4.65. The zero-order valence-corrected chi connectivity index (χ0v) is 20.6. The fraction of sp³-hybridized carbons (Fsp3) is 0.214. The molecule has 0 saturated heterocycles. The Morgan fingerprint density at radius 3 is 2.19 bits per heavy atom. The Morgan fingerprint density at radius 2 is 1.57 bits per heavy atom. The van der Waals surface area contributed by atoms with Gasteiger partial charge in [-0.1, -0.05) is 6.07 Å². The quantitative estimate of drug-likeness (QED) is 0.295. The van der Waals surface area contributed by atoms with Crippen LogP contribution in [0.25, 0.3) is 6.08 Å². The maximum absolute atomic E-state index is 13.3. The van der Waals surface area contributed by atoms with Crippen molar-refractivity contribution >= 4 is 17.8 Å². The zero-order chi connectivity index (χ0) is 26.3. The van der Waals surface area contributed by atoms with Gasteiger partial charge in [-0.05, 0) is 53.6 Å². The van der Waals surface area contributed by atoms with Crippen LogP contribution in [0.5, 0.6) is 40.2 Å². The molecule has 0 bridgehead atoms. The predicted octanol–water partition coefficient (Wildman–Crippen LogP) is 4.48. The van der Waals surface area contributed by atoms with E-state index in [0.29, 0.717) is 56.8 Å². The molecule has 1 atom stereocenters. The largest absolute Gasteiger partial charge is 0.504 e. The van der Waals surface area contributed by atoms with Crippen LogP contribution in [0.4, 0.5) is 0 Å². The highest BCUT2D eigenvalue weighted by Gasteiger charge is 2.38. The Morgan fingerprint density at radius 1 is 0.865 bits per heavy atom. The van der Waals surface area contributed by atoms with Gasteiger partial charge in [0, 0.05) is 11.5 Å². The Kier molecular flexibility index (Phi) is 6.12. The van der Waals surface area contributed by atoms with Crippen LogP contribution in [0.15, 0.2) is 48.2 Å². The van der Waals surface area contributed by atoms with Crippen molar-refractivity contribution < 1.29 is 43.1 Å². The number of hydrogen-bond acceptors (Lipinski definition) is 9. The molecule has 0 spiro atoms. The number of hydrogen-bond donors (Lipinski definition) is 1. The number of carbonyl (C=O) groups is 2. The second kappa shape index (κ2) is 9.42. The molecule has 2 aliphatic heterocycles. The summed E-state index contributed by atoms with van der Waals surface area (Å²) in [6, 6.07) is 11.5. The van der Waals surface area contributed by atoms with Crippen molar-refractivity contribution in [3.05, 3.63) is 70.5 Å². The first-order chi connectivity index (χ1) is 17.9. The zero-order valence-electron chi connectivity index (χ0n) is 20.6. The van der Waals surface area contributed by atoms with Gasteiger partial charge in [0.05, 0.1) is 40.4 Å². The molecule has 0 amide bonds. The van der Waals surface area contributed by atoms with E-state index in [1.165, 1.54) is 34.5 Å². The number of methoxy groups -OCH3 is 4. The molecule has 37 heavy (non-hydrogen) atoms. The second-order valence-corrected chi connectivity index (χ2v) is 8.41. The third-order valence-corrected chi connectivity index (χ3v) is 6.37. The summed E-state index contributed by atoms with van der Waals surface area (Å²) in [5.41, 5.74) is 2.16. The molecule has 5 rings (SSSR count). The number of Topliss-reactive ketones (excluding diaryl/α,β-unsaturated/α-hetero) is 1. The van der Waals surface area contributed by atoms with Crippen LogP contribution in [-0.4, -0.2) is 45.3 Å². The standard InChI is InChI=1S/C28H24O9/c1-32-19-7-5-15(12-18(19)29)17-13-24(30)36-20-8-6-16-26(31)21(37-27(16)25(17)20)9-14-10-22(33-2)28(35-4)23(11-14)34-3/h5-12,17,29H,13H2,1-4H3. The Balaban J connectivity index is 1.59. The van der Waals surface area contributed by atoms with Crippen LogP contribution >= 0.6 is 0 Å². The first-order valence-electron chi connectivity index (χ1n) is 11.4. The molecule has 2 aliphatic rings. The number of ketones is 1. The fourth-order valence-electron chi connectivity index (χ4n) is 4.65. The highest BCUT2D eigenvalue weighted by atomic mass is 16.5. The van der Waals surface area contributed by atoms with E-state index in [-0.39, 0.29) is 23.7 Å². The maximum Gasteiger partial charge on any atom is 0.312 e. The molecular formula is C28H24O9. The number of esters is 1. The Labute approximate surface area is 212 Å².